The van der Waals surface area contributed by atoms with E-state index >= 15 is 0 Å². The molecule has 1 amide bonds. The predicted molar refractivity (Wildman–Crippen MR) is 67.6 cm³/mol. The van der Waals surface area contributed by atoms with Gasteiger partial charge in [-0.15, -0.1) is 0 Å². The lowest BCUT2D eigenvalue weighted by Crippen LogP contribution is -2.29. The highest BCUT2D eigenvalue weighted by Gasteiger charge is 2.20. The quantitative estimate of drug-likeness (QED) is 0.934. The topological polar surface area (TPSA) is 57.8 Å². The van der Waals surface area contributed by atoms with Gasteiger partial charge < -0.3 is 9.88 Å². The molecule has 4 nitrogen and oxygen atoms in total. The van der Waals surface area contributed by atoms with Crippen LogP contribution >= 0.6 is 0 Å². The molecule has 0 aliphatic rings. The average Bonchev–Trinajstić information content (AvgIpc) is 2.83. The van der Waals surface area contributed by atoms with Gasteiger partial charge in [-0.3, -0.25) is 4.79 Å². The Hall–Kier alpha value is -2.68. The Kier molecular flexibility index (Phi) is 3.80. The van der Waals surface area contributed by atoms with Gasteiger partial charge in [-0.05, 0) is 18.2 Å². The van der Waals surface area contributed by atoms with E-state index in [0.29, 0.717) is 11.8 Å². The number of carbonyl (C=O) groups is 1. The lowest BCUT2D eigenvalue weighted by molar-refractivity contribution is 0.0936. The molecule has 2 rings (SSSR count). The van der Waals surface area contributed by atoms with Gasteiger partial charge in [0.25, 0.3) is 5.91 Å². The highest BCUT2D eigenvalue weighted by molar-refractivity contribution is 5.93. The number of benzene rings is 1. The van der Waals surface area contributed by atoms with E-state index in [1.807, 2.05) is 0 Å². The first-order chi connectivity index (χ1) is 9.52. The smallest absolute Gasteiger partial charge is 0.269 e. The van der Waals surface area contributed by atoms with Crippen LogP contribution in [0.1, 0.15) is 22.1 Å². The van der Waals surface area contributed by atoms with E-state index in [4.69, 9.17) is 5.26 Å². The van der Waals surface area contributed by atoms with Crippen molar-refractivity contribution < 1.29 is 13.6 Å². The first-order valence-corrected chi connectivity index (χ1v) is 5.79. The lowest BCUT2D eigenvalue weighted by atomic mass is 10.1. The Morgan fingerprint density at radius 1 is 1.40 bits per heavy atom. The Balaban J connectivity index is 2.24. The monoisotopic (exact) mass is 275 g/mol. The summed E-state index contributed by atoms with van der Waals surface area (Å²) in [6.45, 7) is 0. The summed E-state index contributed by atoms with van der Waals surface area (Å²) in [5.41, 5.74) is 0.268. The summed E-state index contributed by atoms with van der Waals surface area (Å²) in [5.74, 6) is -2.12. The zero-order valence-corrected chi connectivity index (χ0v) is 10.6. The standard InChI is InChI=1S/C14H11F2N3O/c1-19-6-2-3-13(19)14(20)18-12(8-17)10-5-4-9(15)7-11(10)16/h2-7,12H,1H3,(H,18,20)/t12-/m1/s1. The second kappa shape index (κ2) is 5.53. The minimum absolute atomic E-state index is 0.0727. The Morgan fingerprint density at radius 3 is 2.70 bits per heavy atom. The Morgan fingerprint density at radius 2 is 2.15 bits per heavy atom. The highest BCUT2D eigenvalue weighted by atomic mass is 19.1. The molecular weight excluding hydrogens is 264 g/mol. The second-order valence-electron chi connectivity index (χ2n) is 4.21. The number of nitriles is 1. The van der Waals surface area contributed by atoms with E-state index in [0.717, 1.165) is 12.1 Å². The molecule has 0 spiro atoms. The summed E-state index contributed by atoms with van der Waals surface area (Å²) < 4.78 is 28.0. The van der Waals surface area contributed by atoms with Crippen molar-refractivity contribution in [2.75, 3.05) is 0 Å². The fourth-order valence-electron chi connectivity index (χ4n) is 1.82. The molecule has 0 saturated heterocycles. The molecule has 1 N–H and O–H groups in total. The molecule has 1 heterocycles. The van der Waals surface area contributed by atoms with Gasteiger partial charge in [0.05, 0.1) is 6.07 Å². The van der Waals surface area contributed by atoms with Gasteiger partial charge in [-0.2, -0.15) is 5.26 Å². The summed E-state index contributed by atoms with van der Waals surface area (Å²) in [6.07, 6.45) is 1.68. The second-order valence-corrected chi connectivity index (χ2v) is 4.21. The number of nitrogens with zero attached hydrogens (tertiary/aromatic N) is 2. The van der Waals surface area contributed by atoms with Crippen LogP contribution < -0.4 is 5.32 Å². The third-order valence-electron chi connectivity index (χ3n) is 2.85. The molecule has 0 fully saturated rings. The van der Waals surface area contributed by atoms with Gasteiger partial charge in [0, 0.05) is 24.9 Å². The van der Waals surface area contributed by atoms with Crippen molar-refractivity contribution in [3.8, 4) is 6.07 Å². The van der Waals surface area contributed by atoms with Gasteiger partial charge in [0.15, 0.2) is 0 Å². The normalized spacial score (nSPS) is 11.7. The summed E-state index contributed by atoms with van der Waals surface area (Å²) in [6, 6.07) is 6.71. The van der Waals surface area contributed by atoms with Crippen molar-refractivity contribution in [3.05, 3.63) is 59.4 Å². The SMILES string of the molecule is Cn1cccc1C(=O)N[C@H](C#N)c1ccc(F)cc1F. The number of carbonyl (C=O) groups excluding carboxylic acids is 1. The molecule has 0 saturated carbocycles. The van der Waals surface area contributed by atoms with Crippen molar-refractivity contribution >= 4 is 5.91 Å². The molecule has 0 bridgehead atoms. The summed E-state index contributed by atoms with van der Waals surface area (Å²) in [7, 11) is 1.68. The van der Waals surface area contributed by atoms with Crippen molar-refractivity contribution in [2.24, 2.45) is 7.05 Å². The lowest BCUT2D eigenvalue weighted by Gasteiger charge is -2.13. The van der Waals surface area contributed by atoms with E-state index in [1.165, 1.54) is 0 Å². The molecule has 0 radical (unpaired) electrons. The number of amides is 1. The molecule has 2 aromatic rings. The highest BCUT2D eigenvalue weighted by Crippen LogP contribution is 2.18. The van der Waals surface area contributed by atoms with E-state index in [2.05, 4.69) is 5.32 Å². The van der Waals surface area contributed by atoms with E-state index in [9.17, 15) is 13.6 Å². The van der Waals surface area contributed by atoms with Crippen LogP contribution in [0.3, 0.4) is 0 Å². The minimum Gasteiger partial charge on any atom is -0.347 e. The maximum absolute atomic E-state index is 13.6. The van der Waals surface area contributed by atoms with Crippen molar-refractivity contribution in [1.82, 2.24) is 9.88 Å². The van der Waals surface area contributed by atoms with Crippen molar-refractivity contribution in [3.63, 3.8) is 0 Å². The van der Waals surface area contributed by atoms with Crippen LogP contribution in [0.4, 0.5) is 8.78 Å². The van der Waals surface area contributed by atoms with E-state index in [1.54, 1.807) is 36.0 Å². The van der Waals surface area contributed by atoms with E-state index < -0.39 is 23.6 Å². The fourth-order valence-corrected chi connectivity index (χ4v) is 1.82. The van der Waals surface area contributed by atoms with Crippen LogP contribution in [0.5, 0.6) is 0 Å². The van der Waals surface area contributed by atoms with Gasteiger partial charge in [0.1, 0.15) is 23.4 Å². The van der Waals surface area contributed by atoms with Gasteiger partial charge in [0.2, 0.25) is 0 Å². The number of hydrogen-bond acceptors (Lipinski definition) is 2. The number of nitrogens with one attached hydrogen (secondary N) is 1. The molecule has 1 atom stereocenters. The largest absolute Gasteiger partial charge is 0.347 e. The molecule has 0 aliphatic heterocycles. The van der Waals surface area contributed by atoms with E-state index in [-0.39, 0.29) is 5.56 Å². The molecule has 0 aliphatic carbocycles. The Labute approximate surface area is 114 Å². The maximum atomic E-state index is 13.6. The minimum atomic E-state index is -1.18. The van der Waals surface area contributed by atoms with Crippen LogP contribution in [0.2, 0.25) is 0 Å². The molecule has 20 heavy (non-hydrogen) atoms. The predicted octanol–water partition coefficient (Wildman–Crippen LogP) is 2.30. The molecular formula is C14H11F2N3O. The Bertz CT molecular complexity index is 688. The number of aryl methyl sites for hydroxylation is 1. The number of rotatable bonds is 3. The van der Waals surface area contributed by atoms with Crippen LogP contribution in [0.15, 0.2) is 36.5 Å². The van der Waals surface area contributed by atoms with Gasteiger partial charge >= 0.3 is 0 Å². The zero-order chi connectivity index (χ0) is 14.7. The molecule has 1 aromatic carbocycles. The summed E-state index contributed by atoms with van der Waals surface area (Å²) in [4.78, 5) is 12.0. The molecule has 1 aromatic heterocycles. The van der Waals surface area contributed by atoms with Crippen molar-refractivity contribution in [1.29, 1.82) is 5.26 Å². The summed E-state index contributed by atoms with van der Waals surface area (Å²) >= 11 is 0. The van der Waals surface area contributed by atoms with Crippen molar-refractivity contribution in [2.45, 2.75) is 6.04 Å². The zero-order valence-electron chi connectivity index (χ0n) is 10.6. The van der Waals surface area contributed by atoms with Crippen LogP contribution in [-0.4, -0.2) is 10.5 Å². The third-order valence-corrected chi connectivity index (χ3v) is 2.85. The van der Waals surface area contributed by atoms with Gasteiger partial charge in [-0.25, -0.2) is 8.78 Å². The molecule has 102 valence electrons. The molecule has 6 heteroatoms. The first kappa shape index (κ1) is 13.7. The van der Waals surface area contributed by atoms with Crippen LogP contribution in [-0.2, 0) is 7.05 Å². The molecule has 0 unspecified atom stereocenters. The maximum Gasteiger partial charge on any atom is 0.269 e. The summed E-state index contributed by atoms with van der Waals surface area (Å²) in [5, 5.41) is 11.5. The first-order valence-electron chi connectivity index (χ1n) is 5.79. The third kappa shape index (κ3) is 2.67. The number of aromatic nitrogens is 1. The van der Waals surface area contributed by atoms with Crippen LogP contribution in [0.25, 0.3) is 0 Å². The number of hydrogen-bond donors (Lipinski definition) is 1. The average molecular weight is 275 g/mol. The van der Waals surface area contributed by atoms with Gasteiger partial charge in [-0.1, -0.05) is 6.07 Å². The fraction of sp³-hybridized carbons (Fsp3) is 0.143. The van der Waals surface area contributed by atoms with Crippen LogP contribution in [0, 0.1) is 23.0 Å². The number of halogens is 2.